The van der Waals surface area contributed by atoms with Gasteiger partial charge >= 0.3 is 0 Å². The van der Waals surface area contributed by atoms with Crippen LogP contribution in [-0.4, -0.2) is 29.6 Å². The van der Waals surface area contributed by atoms with Gasteiger partial charge in [-0.1, -0.05) is 18.0 Å². The molecule has 2 rings (SSSR count). The molecule has 1 saturated carbocycles. The van der Waals surface area contributed by atoms with E-state index in [9.17, 15) is 4.79 Å². The van der Waals surface area contributed by atoms with E-state index < -0.39 is 5.54 Å². The van der Waals surface area contributed by atoms with Crippen molar-refractivity contribution in [3.05, 3.63) is 16.3 Å². The normalized spacial score (nSPS) is 18.3. The Hall–Kier alpha value is -1.76. The van der Waals surface area contributed by atoms with Crippen LogP contribution < -0.4 is 15.8 Å². The summed E-state index contributed by atoms with van der Waals surface area (Å²) in [4.78, 5) is 12.8. The van der Waals surface area contributed by atoms with Crippen molar-refractivity contribution in [2.75, 3.05) is 7.11 Å². The van der Waals surface area contributed by atoms with Gasteiger partial charge in [0.1, 0.15) is 11.3 Å². The summed E-state index contributed by atoms with van der Waals surface area (Å²) in [5.41, 5.74) is 5.02. The van der Waals surface area contributed by atoms with Gasteiger partial charge < -0.3 is 21.0 Å². The fourth-order valence-electron chi connectivity index (χ4n) is 2.34. The minimum atomic E-state index is -0.719. The van der Waals surface area contributed by atoms with Crippen LogP contribution in [0.3, 0.4) is 0 Å². The van der Waals surface area contributed by atoms with Crippen molar-refractivity contribution in [2.45, 2.75) is 31.2 Å². The van der Waals surface area contributed by atoms with Crippen molar-refractivity contribution in [2.24, 2.45) is 10.9 Å². The Bertz CT molecular complexity index is 492. The van der Waals surface area contributed by atoms with Crippen molar-refractivity contribution in [3.8, 4) is 5.75 Å². The van der Waals surface area contributed by atoms with Crippen molar-refractivity contribution in [1.82, 2.24) is 5.32 Å². The summed E-state index contributed by atoms with van der Waals surface area (Å²) < 4.78 is 5.05. The van der Waals surface area contributed by atoms with Crippen molar-refractivity contribution in [3.63, 3.8) is 0 Å². The molecule has 19 heavy (non-hydrogen) atoms. The third-order valence-corrected chi connectivity index (χ3v) is 4.35. The number of amidine groups is 1. The van der Waals surface area contributed by atoms with Gasteiger partial charge in [0.25, 0.3) is 5.91 Å². The first-order valence-corrected chi connectivity index (χ1v) is 6.92. The Labute approximate surface area is 115 Å². The summed E-state index contributed by atoms with van der Waals surface area (Å²) in [6, 6.07) is 1.68. The van der Waals surface area contributed by atoms with E-state index in [1.54, 1.807) is 18.6 Å². The summed E-state index contributed by atoms with van der Waals surface area (Å²) >= 11 is 1.30. The summed E-state index contributed by atoms with van der Waals surface area (Å²) in [6.07, 6.45) is 3.28. The molecule has 0 atom stereocenters. The quantitative estimate of drug-likeness (QED) is 0.338. The van der Waals surface area contributed by atoms with Gasteiger partial charge in [0.2, 0.25) is 0 Å². The second kappa shape index (κ2) is 5.48. The van der Waals surface area contributed by atoms with Crippen molar-refractivity contribution >= 4 is 23.1 Å². The molecule has 1 aromatic heterocycles. The van der Waals surface area contributed by atoms with Crippen molar-refractivity contribution < 1.29 is 14.7 Å². The van der Waals surface area contributed by atoms with Crippen LogP contribution >= 0.6 is 11.3 Å². The lowest BCUT2D eigenvalue weighted by Gasteiger charge is -2.28. The number of methoxy groups -OCH3 is 1. The zero-order valence-electron chi connectivity index (χ0n) is 10.7. The first kappa shape index (κ1) is 13.7. The summed E-state index contributed by atoms with van der Waals surface area (Å²) in [7, 11) is 1.55. The van der Waals surface area contributed by atoms with Crippen LogP contribution in [0.4, 0.5) is 0 Å². The SMILES string of the molecule is COc1csc(C(=O)NC2(C(N)=NO)CCCC2)c1. The van der Waals surface area contributed by atoms with Gasteiger partial charge in [-0.2, -0.15) is 0 Å². The van der Waals surface area contributed by atoms with Crippen LogP contribution in [0.2, 0.25) is 0 Å². The van der Waals surface area contributed by atoms with E-state index >= 15 is 0 Å². The van der Waals surface area contributed by atoms with Gasteiger partial charge in [-0.05, 0) is 12.8 Å². The van der Waals surface area contributed by atoms with Gasteiger partial charge in [-0.3, -0.25) is 4.79 Å². The number of nitrogens with two attached hydrogens (primary N) is 1. The summed E-state index contributed by atoms with van der Waals surface area (Å²) in [5, 5.41) is 16.6. The highest BCUT2D eigenvalue weighted by Gasteiger charge is 2.40. The number of carbonyl (C=O) groups excluding carboxylic acids is 1. The number of nitrogens with one attached hydrogen (secondary N) is 1. The zero-order chi connectivity index (χ0) is 13.9. The Balaban J connectivity index is 2.16. The Morgan fingerprint density at radius 2 is 2.26 bits per heavy atom. The molecule has 0 radical (unpaired) electrons. The maximum Gasteiger partial charge on any atom is 0.262 e. The number of amides is 1. The molecule has 7 heteroatoms. The number of hydrogen-bond donors (Lipinski definition) is 3. The molecule has 0 bridgehead atoms. The predicted octanol–water partition coefficient (Wildman–Crippen LogP) is 1.55. The number of hydrogen-bond acceptors (Lipinski definition) is 5. The minimum Gasteiger partial charge on any atom is -0.496 e. The smallest absolute Gasteiger partial charge is 0.262 e. The molecule has 1 amide bonds. The number of thiophene rings is 1. The maximum absolute atomic E-state index is 12.2. The molecule has 1 aliphatic rings. The molecule has 0 aliphatic heterocycles. The number of oxime groups is 1. The topological polar surface area (TPSA) is 96.9 Å². The van der Waals surface area contributed by atoms with Crippen LogP contribution in [0.5, 0.6) is 5.75 Å². The highest BCUT2D eigenvalue weighted by molar-refractivity contribution is 7.12. The van der Waals surface area contributed by atoms with E-state index in [0.717, 1.165) is 12.8 Å². The van der Waals surface area contributed by atoms with Crippen LogP contribution in [0.25, 0.3) is 0 Å². The molecule has 0 saturated heterocycles. The predicted molar refractivity (Wildman–Crippen MR) is 72.9 cm³/mol. The number of ether oxygens (including phenoxy) is 1. The van der Waals surface area contributed by atoms with E-state index in [-0.39, 0.29) is 11.7 Å². The molecule has 104 valence electrons. The minimum absolute atomic E-state index is 0.0712. The number of carbonyl (C=O) groups is 1. The number of rotatable bonds is 4. The fourth-order valence-corrected chi connectivity index (χ4v) is 3.09. The molecule has 1 heterocycles. The zero-order valence-corrected chi connectivity index (χ0v) is 11.5. The molecule has 1 fully saturated rings. The first-order chi connectivity index (χ1) is 9.11. The third-order valence-electron chi connectivity index (χ3n) is 3.44. The van der Waals surface area contributed by atoms with Crippen LogP contribution in [0.1, 0.15) is 35.4 Å². The monoisotopic (exact) mass is 283 g/mol. The van der Waals surface area contributed by atoms with Gasteiger partial charge in [0.05, 0.1) is 12.0 Å². The molecule has 1 aliphatic carbocycles. The Morgan fingerprint density at radius 3 is 2.79 bits per heavy atom. The molecule has 0 unspecified atom stereocenters. The average molecular weight is 283 g/mol. The van der Waals surface area contributed by atoms with E-state index in [2.05, 4.69) is 10.5 Å². The number of nitrogens with zero attached hydrogens (tertiary/aromatic N) is 1. The second-order valence-electron chi connectivity index (χ2n) is 4.58. The van der Waals surface area contributed by atoms with Gasteiger partial charge in [-0.15, -0.1) is 11.3 Å². The lowest BCUT2D eigenvalue weighted by atomic mass is 9.96. The van der Waals surface area contributed by atoms with Gasteiger partial charge in [-0.25, -0.2) is 0 Å². The second-order valence-corrected chi connectivity index (χ2v) is 5.49. The van der Waals surface area contributed by atoms with E-state index in [1.165, 1.54) is 11.3 Å². The molecule has 0 aromatic carbocycles. The van der Waals surface area contributed by atoms with Gasteiger partial charge in [0.15, 0.2) is 5.84 Å². The van der Waals surface area contributed by atoms with Crippen LogP contribution in [-0.2, 0) is 0 Å². The lowest BCUT2D eigenvalue weighted by Crippen LogP contribution is -2.55. The fraction of sp³-hybridized carbons (Fsp3) is 0.500. The lowest BCUT2D eigenvalue weighted by molar-refractivity contribution is 0.0926. The van der Waals surface area contributed by atoms with E-state index in [1.807, 2.05) is 0 Å². The standard InChI is InChI=1S/C12H17N3O3S/c1-18-8-6-9(19-7-8)10(16)14-12(11(13)15-17)4-2-3-5-12/h6-7,17H,2-5H2,1H3,(H2,13,15)(H,14,16). The van der Waals surface area contributed by atoms with E-state index in [0.29, 0.717) is 23.5 Å². The highest BCUT2D eigenvalue weighted by Crippen LogP contribution is 2.31. The molecule has 0 spiro atoms. The summed E-state index contributed by atoms with van der Waals surface area (Å²) in [5.74, 6) is 0.503. The van der Waals surface area contributed by atoms with E-state index in [4.69, 9.17) is 15.7 Å². The van der Waals surface area contributed by atoms with Crippen LogP contribution in [0, 0.1) is 0 Å². The molecule has 1 aromatic rings. The molecular formula is C12H17N3O3S. The van der Waals surface area contributed by atoms with Crippen LogP contribution in [0.15, 0.2) is 16.6 Å². The third kappa shape index (κ3) is 2.65. The highest BCUT2D eigenvalue weighted by atomic mass is 32.1. The summed E-state index contributed by atoms with van der Waals surface area (Å²) in [6.45, 7) is 0. The first-order valence-electron chi connectivity index (χ1n) is 6.04. The Kier molecular flexibility index (Phi) is 3.94. The molecular weight excluding hydrogens is 266 g/mol. The average Bonchev–Trinajstić information content (AvgIpc) is 3.06. The molecule has 4 N–H and O–H groups in total. The Morgan fingerprint density at radius 1 is 1.58 bits per heavy atom. The van der Waals surface area contributed by atoms with Gasteiger partial charge in [0, 0.05) is 11.4 Å². The maximum atomic E-state index is 12.2. The molecule has 6 nitrogen and oxygen atoms in total. The largest absolute Gasteiger partial charge is 0.496 e. The van der Waals surface area contributed by atoms with Crippen molar-refractivity contribution in [1.29, 1.82) is 0 Å².